The van der Waals surface area contributed by atoms with Crippen LogP contribution in [0.5, 0.6) is 11.8 Å². The third-order valence-corrected chi connectivity index (χ3v) is 6.59. The highest BCUT2D eigenvalue weighted by Crippen LogP contribution is 2.40. The van der Waals surface area contributed by atoms with Crippen molar-refractivity contribution in [1.29, 1.82) is 0 Å². The number of aryl methyl sites for hydroxylation is 1. The minimum Gasteiger partial charge on any atom is -0.424 e. The minimum atomic E-state index is -4.83. The van der Waals surface area contributed by atoms with Crippen LogP contribution in [-0.4, -0.2) is 38.9 Å². The van der Waals surface area contributed by atoms with Crippen molar-refractivity contribution in [3.05, 3.63) is 53.1 Å². The highest BCUT2D eigenvalue weighted by Gasteiger charge is 2.42. The number of rotatable bonds is 5. The zero-order chi connectivity index (χ0) is 24.0. The summed E-state index contributed by atoms with van der Waals surface area (Å²) in [5, 5.41) is 8.16. The van der Waals surface area contributed by atoms with Crippen molar-refractivity contribution in [2.75, 3.05) is 23.3 Å². The first kappa shape index (κ1) is 22.7. The fourth-order valence-electron chi connectivity index (χ4n) is 4.82. The highest BCUT2D eigenvalue weighted by molar-refractivity contribution is 6.29. The number of pyridine rings is 1. The number of nitrogens with one attached hydrogen (secondary N) is 1. The lowest BCUT2D eigenvalue weighted by atomic mass is 9.92. The number of piperidine rings is 1. The molecule has 3 aromatic rings. The second kappa shape index (κ2) is 8.61. The average Bonchev–Trinajstić information content (AvgIpc) is 3.21. The summed E-state index contributed by atoms with van der Waals surface area (Å²) in [5.41, 5.74) is -0.358. The Balaban J connectivity index is 1.28. The van der Waals surface area contributed by atoms with Crippen molar-refractivity contribution in [3.63, 3.8) is 0 Å². The van der Waals surface area contributed by atoms with Crippen LogP contribution in [0.2, 0.25) is 5.15 Å². The largest absolute Gasteiger partial charge is 0.424 e. The van der Waals surface area contributed by atoms with E-state index in [-0.39, 0.29) is 17.8 Å². The number of anilines is 2. The lowest BCUT2D eigenvalue weighted by Gasteiger charge is -2.39. The van der Waals surface area contributed by atoms with E-state index in [4.69, 9.17) is 16.3 Å². The molecule has 2 bridgehead atoms. The van der Waals surface area contributed by atoms with Crippen molar-refractivity contribution in [3.8, 4) is 11.8 Å². The predicted octanol–water partition coefficient (Wildman–Crippen LogP) is 5.14. The fraction of sp³-hybridized carbons (Fsp3) is 0.409. The van der Waals surface area contributed by atoms with Gasteiger partial charge in [0.15, 0.2) is 0 Å². The van der Waals surface area contributed by atoms with Crippen LogP contribution in [0.1, 0.15) is 18.4 Å². The normalized spacial score (nSPS) is 22.2. The number of ether oxygens (including phenoxy) is 1. The second-order valence-electron chi connectivity index (χ2n) is 8.59. The monoisotopic (exact) mass is 496 g/mol. The molecule has 2 fully saturated rings. The number of halogens is 5. The fourth-order valence-corrected chi connectivity index (χ4v) is 4.99. The van der Waals surface area contributed by atoms with Crippen LogP contribution >= 0.6 is 11.6 Å². The number of alkyl halides is 3. The van der Waals surface area contributed by atoms with E-state index >= 15 is 0 Å². The van der Waals surface area contributed by atoms with Crippen LogP contribution in [-0.2, 0) is 13.2 Å². The molecule has 2 aromatic heterocycles. The Morgan fingerprint density at radius 2 is 1.85 bits per heavy atom. The standard InChI is InChI=1S/C22H21ClF4N6O/c1-32-21(34-15-4-5-17(24)16(9-15)22(25,26)27)30-20(31-32)29-19-12-2-3-13(19)11-33(10-12)14-6-7-28-18(23)8-14/h4-9,12-13,19H,2-3,10-11H2,1H3,(H,29,31)/t12-,13+,19?. The van der Waals surface area contributed by atoms with Gasteiger partial charge in [0.05, 0.1) is 5.56 Å². The summed E-state index contributed by atoms with van der Waals surface area (Å²) in [7, 11) is 1.58. The third-order valence-electron chi connectivity index (χ3n) is 6.38. The van der Waals surface area contributed by atoms with Gasteiger partial charge in [-0.3, -0.25) is 0 Å². The van der Waals surface area contributed by atoms with Crippen LogP contribution in [0.4, 0.5) is 29.2 Å². The number of hydrogen-bond donors (Lipinski definition) is 1. The Morgan fingerprint density at radius 3 is 2.53 bits per heavy atom. The summed E-state index contributed by atoms with van der Waals surface area (Å²) in [4.78, 5) is 10.7. The van der Waals surface area contributed by atoms with Crippen LogP contribution in [0, 0.1) is 17.7 Å². The van der Waals surface area contributed by atoms with Gasteiger partial charge in [0.2, 0.25) is 5.95 Å². The van der Waals surface area contributed by atoms with Gasteiger partial charge >= 0.3 is 12.2 Å². The van der Waals surface area contributed by atoms with Gasteiger partial charge in [-0.25, -0.2) is 14.1 Å². The van der Waals surface area contributed by atoms with E-state index in [0.29, 0.717) is 29.0 Å². The van der Waals surface area contributed by atoms with E-state index in [1.165, 1.54) is 4.68 Å². The van der Waals surface area contributed by atoms with E-state index in [1.807, 2.05) is 12.1 Å². The van der Waals surface area contributed by atoms with Crippen molar-refractivity contribution >= 4 is 23.2 Å². The van der Waals surface area contributed by atoms with Crippen molar-refractivity contribution < 1.29 is 22.3 Å². The molecule has 2 aliphatic rings. The smallest absolute Gasteiger partial charge is 0.419 e. The SMILES string of the molecule is Cn1nc(NC2[C@@H]3CC[C@H]2CN(c2ccnc(Cl)c2)C3)nc1Oc1ccc(F)c(C(F)(F)F)c1. The molecule has 0 spiro atoms. The number of fused-ring (bicyclic) bond motifs is 2. The zero-order valence-electron chi connectivity index (χ0n) is 18.1. The first-order valence-corrected chi connectivity index (χ1v) is 11.1. The number of aromatic nitrogens is 4. The minimum absolute atomic E-state index is 0.00144. The van der Waals surface area contributed by atoms with Crippen LogP contribution < -0.4 is 15.0 Å². The quantitative estimate of drug-likeness (QED) is 0.390. The van der Waals surface area contributed by atoms with Crippen LogP contribution in [0.3, 0.4) is 0 Å². The molecule has 1 aliphatic heterocycles. The topological polar surface area (TPSA) is 68.1 Å². The van der Waals surface area contributed by atoms with Gasteiger partial charge in [-0.15, -0.1) is 5.10 Å². The maximum Gasteiger partial charge on any atom is 0.419 e. The maximum atomic E-state index is 13.6. The Labute approximate surface area is 197 Å². The third kappa shape index (κ3) is 4.48. The molecule has 0 amide bonds. The first-order chi connectivity index (χ1) is 16.2. The van der Waals surface area contributed by atoms with Gasteiger partial charge < -0.3 is 15.0 Å². The van der Waals surface area contributed by atoms with Crippen molar-refractivity contribution in [2.45, 2.75) is 25.1 Å². The van der Waals surface area contributed by atoms with E-state index in [9.17, 15) is 17.6 Å². The molecule has 1 N–H and O–H groups in total. The van der Waals surface area contributed by atoms with Gasteiger partial charge in [0, 0.05) is 38.1 Å². The van der Waals surface area contributed by atoms with Crippen molar-refractivity contribution in [2.24, 2.45) is 18.9 Å². The molecule has 3 atom stereocenters. The molecular formula is C22H21ClF4N6O. The summed E-state index contributed by atoms with van der Waals surface area (Å²) in [6.45, 7) is 1.70. The Kier molecular flexibility index (Phi) is 5.75. The van der Waals surface area contributed by atoms with Crippen molar-refractivity contribution in [1.82, 2.24) is 19.7 Å². The second-order valence-corrected chi connectivity index (χ2v) is 8.98. The molecule has 3 heterocycles. The van der Waals surface area contributed by atoms with Gasteiger partial charge in [-0.1, -0.05) is 11.6 Å². The van der Waals surface area contributed by atoms with E-state index in [2.05, 4.69) is 25.3 Å². The van der Waals surface area contributed by atoms with Gasteiger partial charge in [0.25, 0.3) is 0 Å². The molecule has 1 unspecified atom stereocenters. The molecule has 1 saturated carbocycles. The summed E-state index contributed by atoms with van der Waals surface area (Å²) >= 11 is 6.05. The lowest BCUT2D eigenvalue weighted by Crippen LogP contribution is -2.48. The van der Waals surface area contributed by atoms with Crippen LogP contribution in [0.15, 0.2) is 36.5 Å². The summed E-state index contributed by atoms with van der Waals surface area (Å²) in [6, 6.07) is 6.41. The molecule has 180 valence electrons. The molecule has 34 heavy (non-hydrogen) atoms. The van der Waals surface area contributed by atoms with E-state index in [0.717, 1.165) is 43.8 Å². The zero-order valence-corrected chi connectivity index (χ0v) is 18.8. The molecule has 1 saturated heterocycles. The molecule has 0 radical (unpaired) electrons. The van der Waals surface area contributed by atoms with E-state index < -0.39 is 17.6 Å². The lowest BCUT2D eigenvalue weighted by molar-refractivity contribution is -0.140. The molecule has 1 aliphatic carbocycles. The number of hydrogen-bond acceptors (Lipinski definition) is 6. The summed E-state index contributed by atoms with van der Waals surface area (Å²) < 4.78 is 59.3. The molecule has 7 nitrogen and oxygen atoms in total. The van der Waals surface area contributed by atoms with E-state index in [1.54, 1.807) is 13.2 Å². The van der Waals surface area contributed by atoms with Gasteiger partial charge in [-0.2, -0.15) is 18.2 Å². The summed E-state index contributed by atoms with van der Waals surface area (Å²) in [5.74, 6) is -0.482. The number of nitrogens with zero attached hydrogens (tertiary/aromatic N) is 5. The summed E-state index contributed by atoms with van der Waals surface area (Å²) in [6.07, 6.45) is -1.01. The predicted molar refractivity (Wildman–Crippen MR) is 118 cm³/mol. The molecule has 1 aromatic carbocycles. The Morgan fingerprint density at radius 1 is 1.12 bits per heavy atom. The Hall–Kier alpha value is -3.08. The maximum absolute atomic E-state index is 13.6. The van der Waals surface area contributed by atoms with Gasteiger partial charge in [0.1, 0.15) is 16.7 Å². The van der Waals surface area contributed by atoms with Crippen LogP contribution in [0.25, 0.3) is 0 Å². The highest BCUT2D eigenvalue weighted by atomic mass is 35.5. The average molecular weight is 497 g/mol. The number of benzene rings is 1. The first-order valence-electron chi connectivity index (χ1n) is 10.8. The van der Waals surface area contributed by atoms with Gasteiger partial charge in [-0.05, 0) is 55.0 Å². The molecule has 5 rings (SSSR count). The Bertz CT molecular complexity index is 1190. The molecular weight excluding hydrogens is 476 g/mol. The molecule has 12 heteroatoms.